The largest absolute Gasteiger partial charge is 0.326 e. The van der Waals surface area contributed by atoms with E-state index in [4.69, 9.17) is 0 Å². The van der Waals surface area contributed by atoms with Gasteiger partial charge in [-0.3, -0.25) is 14.5 Å². The number of aliphatic imine (C=N–C) groups is 1. The Morgan fingerprint density at radius 3 is 2.56 bits per heavy atom. The van der Waals surface area contributed by atoms with Gasteiger partial charge in [-0.05, 0) is 56.2 Å². The average Bonchev–Trinajstić information content (AvgIpc) is 2.93. The normalized spacial score (nSPS) is 18.2. The minimum absolute atomic E-state index is 0.0626. The van der Waals surface area contributed by atoms with Gasteiger partial charge in [0.15, 0.2) is 5.17 Å². The smallest absolute Gasteiger partial charge is 0.242 e. The summed E-state index contributed by atoms with van der Waals surface area (Å²) in [6, 6.07) is 15.3. The predicted molar refractivity (Wildman–Crippen MR) is 111 cm³/mol. The number of anilines is 1. The molecule has 0 bridgehead atoms. The van der Waals surface area contributed by atoms with Crippen LogP contribution in [0.15, 0.2) is 53.5 Å². The van der Waals surface area contributed by atoms with Gasteiger partial charge in [-0.1, -0.05) is 36.0 Å². The Hall–Kier alpha value is -2.60. The first-order chi connectivity index (χ1) is 13.0. The van der Waals surface area contributed by atoms with Crippen molar-refractivity contribution in [2.24, 2.45) is 4.99 Å². The summed E-state index contributed by atoms with van der Waals surface area (Å²) in [7, 11) is 0. The zero-order valence-electron chi connectivity index (χ0n) is 15.7. The number of carbonyl (C=O) groups excluding carboxylic acids is 2. The zero-order valence-corrected chi connectivity index (χ0v) is 16.5. The molecule has 1 saturated heterocycles. The lowest BCUT2D eigenvalue weighted by Gasteiger charge is -2.13. The van der Waals surface area contributed by atoms with Crippen LogP contribution in [0.1, 0.15) is 24.5 Å². The second-order valence-corrected chi connectivity index (χ2v) is 7.64. The number of hydrogen-bond acceptors (Lipinski definition) is 4. The van der Waals surface area contributed by atoms with Crippen LogP contribution in [-0.4, -0.2) is 33.7 Å². The number of carbonyl (C=O) groups is 2. The number of thioether (sulfide) groups is 1. The maximum absolute atomic E-state index is 12.7. The second-order valence-electron chi connectivity index (χ2n) is 6.47. The highest BCUT2D eigenvalue weighted by molar-refractivity contribution is 8.15. The topological polar surface area (TPSA) is 61.8 Å². The van der Waals surface area contributed by atoms with Crippen molar-refractivity contribution < 1.29 is 9.59 Å². The first-order valence-electron chi connectivity index (χ1n) is 8.97. The van der Waals surface area contributed by atoms with Gasteiger partial charge < -0.3 is 5.32 Å². The van der Waals surface area contributed by atoms with Crippen LogP contribution in [0.4, 0.5) is 11.4 Å². The van der Waals surface area contributed by atoms with E-state index in [1.54, 1.807) is 4.90 Å². The lowest BCUT2D eigenvalue weighted by atomic mass is 10.1. The van der Waals surface area contributed by atoms with E-state index < -0.39 is 5.25 Å². The van der Waals surface area contributed by atoms with Gasteiger partial charge in [0.05, 0.1) is 5.69 Å². The molecular formula is C21H23N3O2S. The lowest BCUT2D eigenvalue weighted by Crippen LogP contribution is -2.33. The summed E-state index contributed by atoms with van der Waals surface area (Å²) in [5.41, 5.74) is 3.85. The quantitative estimate of drug-likeness (QED) is 0.841. The number of amidine groups is 1. The van der Waals surface area contributed by atoms with E-state index in [-0.39, 0.29) is 18.2 Å². The number of aryl methyl sites for hydroxylation is 2. The van der Waals surface area contributed by atoms with Crippen molar-refractivity contribution in [3.05, 3.63) is 59.7 Å². The van der Waals surface area contributed by atoms with Gasteiger partial charge >= 0.3 is 0 Å². The van der Waals surface area contributed by atoms with Crippen LogP contribution >= 0.6 is 11.8 Å². The van der Waals surface area contributed by atoms with Crippen molar-refractivity contribution in [2.45, 2.75) is 32.4 Å². The highest BCUT2D eigenvalue weighted by Gasteiger charge is 2.38. The number of amides is 2. The number of nitrogens with one attached hydrogen (secondary N) is 1. The molecular weight excluding hydrogens is 358 g/mol. The van der Waals surface area contributed by atoms with Crippen LogP contribution in [-0.2, 0) is 9.59 Å². The van der Waals surface area contributed by atoms with Crippen LogP contribution in [0.5, 0.6) is 0 Å². The molecule has 0 aromatic heterocycles. The van der Waals surface area contributed by atoms with Gasteiger partial charge in [0.25, 0.3) is 0 Å². The van der Waals surface area contributed by atoms with Crippen LogP contribution < -0.4 is 5.32 Å². The average molecular weight is 382 g/mol. The Morgan fingerprint density at radius 2 is 1.89 bits per heavy atom. The molecule has 0 saturated carbocycles. The molecule has 2 aromatic rings. The molecule has 1 fully saturated rings. The van der Waals surface area contributed by atoms with Gasteiger partial charge in [0.2, 0.25) is 11.8 Å². The van der Waals surface area contributed by atoms with Gasteiger partial charge in [-0.15, -0.1) is 0 Å². The van der Waals surface area contributed by atoms with E-state index >= 15 is 0 Å². The Bertz CT molecular complexity index is 880. The summed E-state index contributed by atoms with van der Waals surface area (Å²) in [4.78, 5) is 31.3. The van der Waals surface area contributed by atoms with E-state index in [9.17, 15) is 9.59 Å². The maximum atomic E-state index is 12.7. The predicted octanol–water partition coefficient (Wildman–Crippen LogP) is 4.28. The van der Waals surface area contributed by atoms with Gasteiger partial charge in [0.1, 0.15) is 5.25 Å². The fourth-order valence-corrected chi connectivity index (χ4v) is 4.05. The molecule has 1 heterocycles. The molecule has 1 N–H and O–H groups in total. The molecule has 1 aliphatic heterocycles. The summed E-state index contributed by atoms with van der Waals surface area (Å²) in [6.45, 7) is 6.48. The molecule has 0 spiro atoms. The standard InChI is InChI=1S/C21H23N3O2S/c1-4-24-20(26)18(27-21(24)23-16-8-6-5-7-9-16)13-19(25)22-17-11-10-14(2)15(3)12-17/h5-12,18H,4,13H2,1-3H3,(H,22,25)/t18-/m1/s1. The summed E-state index contributed by atoms with van der Waals surface area (Å²) < 4.78 is 0. The molecule has 1 aliphatic rings. The Labute approximate surface area is 163 Å². The third-order valence-corrected chi connectivity index (χ3v) is 5.65. The number of nitrogens with zero attached hydrogens (tertiary/aromatic N) is 2. The number of hydrogen-bond donors (Lipinski definition) is 1. The van der Waals surface area contributed by atoms with Crippen molar-refractivity contribution in [3.63, 3.8) is 0 Å². The molecule has 2 amide bonds. The van der Waals surface area contributed by atoms with Crippen LogP contribution in [0.2, 0.25) is 0 Å². The Balaban J connectivity index is 1.69. The van der Waals surface area contributed by atoms with E-state index in [0.717, 1.165) is 16.9 Å². The minimum atomic E-state index is -0.445. The molecule has 5 nitrogen and oxygen atoms in total. The third-order valence-electron chi connectivity index (χ3n) is 4.48. The fourth-order valence-electron chi connectivity index (χ4n) is 2.83. The molecule has 0 unspecified atom stereocenters. The molecule has 6 heteroatoms. The number of rotatable bonds is 5. The Kier molecular flexibility index (Phi) is 5.96. The maximum Gasteiger partial charge on any atom is 0.242 e. The highest BCUT2D eigenvalue weighted by atomic mass is 32.2. The molecule has 1 atom stereocenters. The summed E-state index contributed by atoms with van der Waals surface area (Å²) in [5, 5.41) is 3.10. The number of benzene rings is 2. The van der Waals surface area contributed by atoms with Crippen molar-refractivity contribution in [3.8, 4) is 0 Å². The van der Waals surface area contributed by atoms with Crippen LogP contribution in [0, 0.1) is 13.8 Å². The lowest BCUT2D eigenvalue weighted by molar-refractivity contribution is -0.128. The van der Waals surface area contributed by atoms with Crippen molar-refractivity contribution in [1.82, 2.24) is 4.90 Å². The SMILES string of the molecule is CCN1C(=O)[C@@H](CC(=O)Nc2ccc(C)c(C)c2)SC1=Nc1ccccc1. The monoisotopic (exact) mass is 381 g/mol. The fraction of sp³-hybridized carbons (Fsp3) is 0.286. The first kappa shape index (κ1) is 19.2. The van der Waals surface area contributed by atoms with Crippen LogP contribution in [0.25, 0.3) is 0 Å². The Morgan fingerprint density at radius 1 is 1.15 bits per heavy atom. The van der Waals surface area contributed by atoms with E-state index in [0.29, 0.717) is 11.7 Å². The summed E-state index contributed by atoms with van der Waals surface area (Å²) in [5.74, 6) is -0.228. The van der Waals surface area contributed by atoms with Crippen LogP contribution in [0.3, 0.4) is 0 Å². The molecule has 140 valence electrons. The molecule has 27 heavy (non-hydrogen) atoms. The van der Waals surface area contributed by atoms with Gasteiger partial charge in [0, 0.05) is 18.7 Å². The van der Waals surface area contributed by atoms with E-state index in [1.807, 2.05) is 69.3 Å². The molecule has 0 aliphatic carbocycles. The third kappa shape index (κ3) is 4.57. The highest BCUT2D eigenvalue weighted by Crippen LogP contribution is 2.31. The van der Waals surface area contributed by atoms with Crippen molar-refractivity contribution in [1.29, 1.82) is 0 Å². The second kappa shape index (κ2) is 8.39. The summed E-state index contributed by atoms with van der Waals surface area (Å²) >= 11 is 1.36. The molecule has 3 rings (SSSR count). The number of para-hydroxylation sites is 1. The van der Waals surface area contributed by atoms with Gasteiger partial charge in [-0.25, -0.2) is 4.99 Å². The van der Waals surface area contributed by atoms with Crippen molar-refractivity contribution >= 4 is 40.1 Å². The molecule has 2 aromatic carbocycles. The zero-order chi connectivity index (χ0) is 19.4. The summed E-state index contributed by atoms with van der Waals surface area (Å²) in [6.07, 6.45) is 0.126. The molecule has 0 radical (unpaired) electrons. The van der Waals surface area contributed by atoms with Crippen molar-refractivity contribution in [2.75, 3.05) is 11.9 Å². The van der Waals surface area contributed by atoms with Gasteiger partial charge in [-0.2, -0.15) is 0 Å². The first-order valence-corrected chi connectivity index (χ1v) is 9.84. The minimum Gasteiger partial charge on any atom is -0.326 e. The van der Waals surface area contributed by atoms with E-state index in [1.165, 1.54) is 17.3 Å². The van der Waals surface area contributed by atoms with E-state index in [2.05, 4.69) is 10.3 Å².